The van der Waals surface area contributed by atoms with Crippen molar-refractivity contribution in [3.8, 4) is 0 Å². The predicted octanol–water partition coefficient (Wildman–Crippen LogP) is 4.93. The van der Waals surface area contributed by atoms with Gasteiger partial charge >= 0.3 is 0 Å². The summed E-state index contributed by atoms with van der Waals surface area (Å²) in [4.78, 5) is 0. The molecule has 0 heteroatoms. The lowest BCUT2D eigenvalue weighted by Gasteiger charge is -2.11. The highest BCUT2D eigenvalue weighted by Gasteiger charge is 2.05. The maximum absolute atomic E-state index is 4.25. The van der Waals surface area contributed by atoms with Gasteiger partial charge < -0.3 is 0 Å². The Morgan fingerprint density at radius 2 is 1.67 bits per heavy atom. The molecule has 0 heterocycles. The molecule has 0 aromatic heterocycles. The second-order valence-electron chi connectivity index (χ2n) is 4.85. The molecule has 0 aliphatic rings. The smallest absolute Gasteiger partial charge is 0.0152 e. The predicted molar refractivity (Wildman–Crippen MR) is 79.9 cm³/mol. The van der Waals surface area contributed by atoms with E-state index in [9.17, 15) is 0 Å². The zero-order chi connectivity index (χ0) is 13.1. The third-order valence-electron chi connectivity index (χ3n) is 3.43. The number of hydrogen-bond donors (Lipinski definition) is 0. The van der Waals surface area contributed by atoms with Crippen LogP contribution in [-0.4, -0.2) is 0 Å². The van der Waals surface area contributed by atoms with E-state index in [1.54, 1.807) is 0 Å². The summed E-state index contributed by atoms with van der Waals surface area (Å²) < 4.78 is 0. The Morgan fingerprint density at radius 1 is 1.00 bits per heavy atom. The Hall–Kier alpha value is -1.82. The topological polar surface area (TPSA) is 0 Å². The molecule has 2 aromatic carbocycles. The monoisotopic (exact) mass is 236 g/mol. The Bertz CT molecular complexity index is 559. The van der Waals surface area contributed by atoms with Crippen LogP contribution in [0, 0.1) is 13.8 Å². The molecule has 18 heavy (non-hydrogen) atoms. The van der Waals surface area contributed by atoms with Crippen molar-refractivity contribution < 1.29 is 0 Å². The molecule has 0 fully saturated rings. The van der Waals surface area contributed by atoms with Crippen molar-refractivity contribution in [1.82, 2.24) is 0 Å². The van der Waals surface area contributed by atoms with Crippen LogP contribution < -0.4 is 0 Å². The standard InChI is InChI=1S/C18H20/c1-5-16-8-10-17(11-9-16)15(4)18-12-13(2)6-7-14(18)3/h6-12H,4-5H2,1-3H3. The first kappa shape index (κ1) is 12.6. The highest BCUT2D eigenvalue weighted by molar-refractivity contribution is 5.80. The molecule has 0 spiro atoms. The zero-order valence-corrected chi connectivity index (χ0v) is 11.5. The molecule has 0 radical (unpaired) electrons. The van der Waals surface area contributed by atoms with Crippen LogP contribution in [0.4, 0.5) is 0 Å². The SMILES string of the molecule is C=C(c1ccc(CC)cc1)c1cc(C)ccc1C. The number of benzene rings is 2. The van der Waals surface area contributed by atoms with Crippen molar-refractivity contribution >= 4 is 5.57 Å². The van der Waals surface area contributed by atoms with Crippen LogP contribution in [0.5, 0.6) is 0 Å². The van der Waals surface area contributed by atoms with Gasteiger partial charge in [-0.15, -0.1) is 0 Å². The van der Waals surface area contributed by atoms with Crippen molar-refractivity contribution in [3.05, 3.63) is 76.9 Å². The highest BCUT2D eigenvalue weighted by atomic mass is 14.1. The minimum Gasteiger partial charge on any atom is -0.0905 e. The molecule has 0 aliphatic heterocycles. The number of rotatable bonds is 3. The van der Waals surface area contributed by atoms with Crippen molar-refractivity contribution in [3.63, 3.8) is 0 Å². The lowest BCUT2D eigenvalue weighted by atomic mass is 9.94. The molecule has 2 aromatic rings. The van der Waals surface area contributed by atoms with E-state index in [2.05, 4.69) is 69.8 Å². The first-order chi connectivity index (χ1) is 8.61. The lowest BCUT2D eigenvalue weighted by molar-refractivity contribution is 1.14. The average Bonchev–Trinajstić information content (AvgIpc) is 2.41. The summed E-state index contributed by atoms with van der Waals surface area (Å²) in [6.45, 7) is 10.7. The molecule has 0 atom stereocenters. The van der Waals surface area contributed by atoms with Crippen molar-refractivity contribution in [2.24, 2.45) is 0 Å². The lowest BCUT2D eigenvalue weighted by Crippen LogP contribution is -1.92. The quantitative estimate of drug-likeness (QED) is 0.709. The molecule has 0 nitrogen and oxygen atoms in total. The van der Waals surface area contributed by atoms with Gasteiger partial charge in [0.2, 0.25) is 0 Å². The zero-order valence-electron chi connectivity index (χ0n) is 11.5. The van der Waals surface area contributed by atoms with Gasteiger partial charge in [-0.1, -0.05) is 61.5 Å². The summed E-state index contributed by atoms with van der Waals surface area (Å²) in [5.74, 6) is 0. The molecule has 2 rings (SSSR count). The van der Waals surface area contributed by atoms with Crippen LogP contribution in [-0.2, 0) is 6.42 Å². The summed E-state index contributed by atoms with van der Waals surface area (Å²) in [7, 11) is 0. The van der Waals surface area contributed by atoms with E-state index in [0.29, 0.717) is 0 Å². The molecule has 0 aliphatic carbocycles. The van der Waals surface area contributed by atoms with E-state index < -0.39 is 0 Å². The molecule has 0 amide bonds. The van der Waals surface area contributed by atoms with Gasteiger partial charge in [-0.05, 0) is 48.1 Å². The third kappa shape index (κ3) is 2.53. The van der Waals surface area contributed by atoms with Gasteiger partial charge in [0.05, 0.1) is 0 Å². The average molecular weight is 236 g/mol. The van der Waals surface area contributed by atoms with Crippen LogP contribution in [0.1, 0.15) is 34.7 Å². The van der Waals surface area contributed by atoms with Crippen molar-refractivity contribution in [1.29, 1.82) is 0 Å². The molecule has 0 saturated heterocycles. The van der Waals surface area contributed by atoms with E-state index in [4.69, 9.17) is 0 Å². The minimum absolute atomic E-state index is 1.08. The van der Waals surface area contributed by atoms with Gasteiger partial charge in [-0.25, -0.2) is 0 Å². The second kappa shape index (κ2) is 5.22. The largest absolute Gasteiger partial charge is 0.0905 e. The maximum Gasteiger partial charge on any atom is -0.0152 e. The van der Waals surface area contributed by atoms with Crippen molar-refractivity contribution in [2.75, 3.05) is 0 Å². The summed E-state index contributed by atoms with van der Waals surface area (Å²) in [6, 6.07) is 15.2. The van der Waals surface area contributed by atoms with Crippen LogP contribution in [0.3, 0.4) is 0 Å². The van der Waals surface area contributed by atoms with Gasteiger partial charge in [0.25, 0.3) is 0 Å². The fourth-order valence-electron chi connectivity index (χ4n) is 2.16. The van der Waals surface area contributed by atoms with Gasteiger partial charge in [0.1, 0.15) is 0 Å². The molecule has 0 unspecified atom stereocenters. The van der Waals surface area contributed by atoms with E-state index >= 15 is 0 Å². The summed E-state index contributed by atoms with van der Waals surface area (Å²) in [6.07, 6.45) is 1.08. The van der Waals surface area contributed by atoms with Gasteiger partial charge in [-0.3, -0.25) is 0 Å². The van der Waals surface area contributed by atoms with Gasteiger partial charge in [0, 0.05) is 0 Å². The normalized spacial score (nSPS) is 10.4. The summed E-state index contributed by atoms with van der Waals surface area (Å²) in [5, 5.41) is 0. The minimum atomic E-state index is 1.08. The molecule has 0 N–H and O–H groups in total. The third-order valence-corrected chi connectivity index (χ3v) is 3.43. The van der Waals surface area contributed by atoms with Gasteiger partial charge in [-0.2, -0.15) is 0 Å². The molecule has 92 valence electrons. The van der Waals surface area contributed by atoms with Crippen molar-refractivity contribution in [2.45, 2.75) is 27.2 Å². The van der Waals surface area contributed by atoms with E-state index in [1.165, 1.54) is 27.8 Å². The number of aryl methyl sites for hydroxylation is 3. The fraction of sp³-hybridized carbons (Fsp3) is 0.222. The molecule has 0 saturated carbocycles. The Labute approximate surface area is 110 Å². The fourth-order valence-corrected chi connectivity index (χ4v) is 2.16. The maximum atomic E-state index is 4.25. The summed E-state index contributed by atoms with van der Waals surface area (Å²) in [5.41, 5.74) is 7.50. The van der Waals surface area contributed by atoms with Crippen LogP contribution >= 0.6 is 0 Å². The van der Waals surface area contributed by atoms with Crippen LogP contribution in [0.25, 0.3) is 5.57 Å². The van der Waals surface area contributed by atoms with Gasteiger partial charge in [0.15, 0.2) is 0 Å². The van der Waals surface area contributed by atoms with Crippen LogP contribution in [0.2, 0.25) is 0 Å². The number of hydrogen-bond acceptors (Lipinski definition) is 0. The van der Waals surface area contributed by atoms with E-state index in [0.717, 1.165) is 12.0 Å². The Balaban J connectivity index is 2.38. The van der Waals surface area contributed by atoms with Crippen LogP contribution in [0.15, 0.2) is 49.0 Å². The molecular weight excluding hydrogens is 216 g/mol. The highest BCUT2D eigenvalue weighted by Crippen LogP contribution is 2.25. The molecular formula is C18H20. The first-order valence-electron chi connectivity index (χ1n) is 6.47. The summed E-state index contributed by atoms with van der Waals surface area (Å²) >= 11 is 0. The Morgan fingerprint density at radius 3 is 2.28 bits per heavy atom. The Kier molecular flexibility index (Phi) is 3.66. The first-order valence-corrected chi connectivity index (χ1v) is 6.47. The van der Waals surface area contributed by atoms with E-state index in [1.807, 2.05) is 0 Å². The molecule has 0 bridgehead atoms. The van der Waals surface area contributed by atoms with E-state index in [-0.39, 0.29) is 0 Å². The second-order valence-corrected chi connectivity index (χ2v) is 4.85.